The number of nitrogens with one attached hydrogen (secondary N) is 1. The molecule has 31 heavy (non-hydrogen) atoms. The maximum atomic E-state index is 13.2. The van der Waals surface area contributed by atoms with Gasteiger partial charge in [0.05, 0.1) is 24.6 Å². The number of benzene rings is 1. The molecule has 0 aliphatic carbocycles. The molecule has 1 aliphatic heterocycles. The lowest BCUT2D eigenvalue weighted by molar-refractivity contribution is 0.0556. The highest BCUT2D eigenvalue weighted by Crippen LogP contribution is 2.30. The van der Waals surface area contributed by atoms with Gasteiger partial charge in [-0.15, -0.1) is 0 Å². The zero-order chi connectivity index (χ0) is 22.4. The van der Waals surface area contributed by atoms with E-state index in [1.165, 1.54) is 47.2 Å². The molecule has 1 fully saturated rings. The van der Waals surface area contributed by atoms with Crippen molar-refractivity contribution in [2.75, 3.05) is 38.7 Å². The van der Waals surface area contributed by atoms with Crippen LogP contribution in [0.2, 0.25) is 0 Å². The third-order valence-electron chi connectivity index (χ3n) is 4.96. The van der Waals surface area contributed by atoms with Gasteiger partial charge in [0, 0.05) is 32.1 Å². The number of nitrogens with zero attached hydrogens (tertiary/aromatic N) is 4. The van der Waals surface area contributed by atoms with Gasteiger partial charge in [-0.25, -0.2) is 9.18 Å². The maximum Gasteiger partial charge on any atom is 0.409 e. The van der Waals surface area contributed by atoms with Crippen LogP contribution in [0.25, 0.3) is 0 Å². The van der Waals surface area contributed by atoms with Gasteiger partial charge in [0.2, 0.25) is 0 Å². The summed E-state index contributed by atoms with van der Waals surface area (Å²) >= 11 is 0. The van der Waals surface area contributed by atoms with Gasteiger partial charge in [-0.05, 0) is 30.7 Å². The number of nitriles is 1. The van der Waals surface area contributed by atoms with Crippen LogP contribution in [0, 0.1) is 23.1 Å². The van der Waals surface area contributed by atoms with Crippen molar-refractivity contribution in [3.05, 3.63) is 41.8 Å². The highest BCUT2D eigenvalue weighted by molar-refractivity contribution is 5.98. The number of anilines is 2. The Morgan fingerprint density at radius 3 is 2.74 bits per heavy atom. The Bertz CT molecular complexity index is 971. The van der Waals surface area contributed by atoms with E-state index in [0.717, 1.165) is 0 Å². The monoisotopic (exact) mass is 430 g/mol. The number of hydrogen-bond acceptors (Lipinski definition) is 7. The molecule has 1 aromatic carbocycles. The molecule has 0 saturated carbocycles. The highest BCUT2D eigenvalue weighted by Gasteiger charge is 2.35. The molecule has 2 heterocycles. The van der Waals surface area contributed by atoms with Crippen LogP contribution in [-0.2, 0) is 9.47 Å². The minimum absolute atomic E-state index is 0.112. The van der Waals surface area contributed by atoms with E-state index in [4.69, 9.17) is 15.2 Å². The van der Waals surface area contributed by atoms with E-state index >= 15 is 0 Å². The Kier molecular flexibility index (Phi) is 7.04. The van der Waals surface area contributed by atoms with Crippen LogP contribution >= 0.6 is 0 Å². The van der Waals surface area contributed by atoms with Gasteiger partial charge in [-0.2, -0.15) is 10.4 Å². The second kappa shape index (κ2) is 9.90. The minimum atomic E-state index is -0.712. The predicted molar refractivity (Wildman–Crippen MR) is 108 cm³/mol. The SMILES string of the molecule is COCCOC(=O)N1CC[C@@H](C#N)C(n2cc(C(N)=O)c(Nc3ccc(F)cc3)n2)C1. The van der Waals surface area contributed by atoms with Crippen LogP contribution in [0.5, 0.6) is 0 Å². The average Bonchev–Trinajstić information content (AvgIpc) is 3.19. The molecule has 10 nitrogen and oxygen atoms in total. The zero-order valence-corrected chi connectivity index (χ0v) is 17.0. The standard InChI is InChI=1S/C20H23FN6O4/c1-30-8-9-31-20(29)26-7-6-13(10-22)17(12-26)27-11-16(18(23)28)19(25-27)24-15-4-2-14(21)3-5-15/h2-5,11,13,17H,6-9,12H2,1H3,(H2,23,28)(H,24,25)/t13-,17?/m0/s1. The van der Waals surface area contributed by atoms with Crippen molar-refractivity contribution in [1.29, 1.82) is 5.26 Å². The molecule has 11 heteroatoms. The van der Waals surface area contributed by atoms with E-state index in [1.54, 1.807) is 0 Å². The second-order valence-electron chi connectivity index (χ2n) is 7.01. The summed E-state index contributed by atoms with van der Waals surface area (Å²) in [5.41, 5.74) is 6.12. The molecule has 3 N–H and O–H groups in total. The van der Waals surface area contributed by atoms with E-state index in [2.05, 4.69) is 16.5 Å². The van der Waals surface area contributed by atoms with Gasteiger partial charge in [-0.3, -0.25) is 9.48 Å². The average molecular weight is 430 g/mol. The number of hydrogen-bond donors (Lipinski definition) is 2. The van der Waals surface area contributed by atoms with Crippen molar-refractivity contribution in [1.82, 2.24) is 14.7 Å². The number of nitrogens with two attached hydrogens (primary N) is 1. The molecule has 1 saturated heterocycles. The first-order valence-electron chi connectivity index (χ1n) is 9.64. The third kappa shape index (κ3) is 5.29. The number of rotatable bonds is 7. The Morgan fingerprint density at radius 2 is 2.10 bits per heavy atom. The molecule has 2 amide bonds. The summed E-state index contributed by atoms with van der Waals surface area (Å²) in [5.74, 6) is -1.36. The van der Waals surface area contributed by atoms with E-state index in [9.17, 15) is 19.2 Å². The van der Waals surface area contributed by atoms with Crippen molar-refractivity contribution in [3.63, 3.8) is 0 Å². The van der Waals surface area contributed by atoms with Crippen LogP contribution in [0.1, 0.15) is 22.8 Å². The van der Waals surface area contributed by atoms with E-state index < -0.39 is 29.8 Å². The lowest BCUT2D eigenvalue weighted by atomic mass is 9.93. The molecule has 164 valence electrons. The van der Waals surface area contributed by atoms with Crippen molar-refractivity contribution in [3.8, 4) is 6.07 Å². The molecule has 2 aromatic rings. The maximum absolute atomic E-state index is 13.2. The first-order valence-corrected chi connectivity index (χ1v) is 9.64. The third-order valence-corrected chi connectivity index (χ3v) is 4.96. The fourth-order valence-electron chi connectivity index (χ4n) is 3.32. The van der Waals surface area contributed by atoms with E-state index in [0.29, 0.717) is 18.7 Å². The molecule has 2 atom stereocenters. The van der Waals surface area contributed by atoms with Crippen molar-refractivity contribution < 1.29 is 23.5 Å². The Labute approximate surface area is 178 Å². The van der Waals surface area contributed by atoms with Crippen LogP contribution in [-0.4, -0.2) is 60.1 Å². The Morgan fingerprint density at radius 1 is 1.35 bits per heavy atom. The van der Waals surface area contributed by atoms with E-state index in [-0.39, 0.29) is 31.1 Å². The largest absolute Gasteiger partial charge is 0.447 e. The second-order valence-corrected chi connectivity index (χ2v) is 7.01. The van der Waals surface area contributed by atoms with Crippen LogP contribution in [0.4, 0.5) is 20.7 Å². The number of primary amides is 1. The van der Waals surface area contributed by atoms with Crippen molar-refractivity contribution in [2.24, 2.45) is 11.7 Å². The Balaban J connectivity index is 1.83. The quantitative estimate of drug-likeness (QED) is 0.642. The molecule has 0 bridgehead atoms. The van der Waals surface area contributed by atoms with Gasteiger partial charge in [0.25, 0.3) is 5.91 Å². The molecular formula is C20H23FN6O4. The number of piperidine rings is 1. The lowest BCUT2D eigenvalue weighted by Gasteiger charge is -2.35. The number of likely N-dealkylation sites (tertiary alicyclic amines) is 1. The van der Waals surface area contributed by atoms with E-state index in [1.807, 2.05) is 0 Å². The summed E-state index contributed by atoms with van der Waals surface area (Å²) < 4.78 is 24.7. The number of methoxy groups -OCH3 is 1. The molecule has 3 rings (SSSR count). The fourth-order valence-corrected chi connectivity index (χ4v) is 3.32. The van der Waals surface area contributed by atoms with Gasteiger partial charge >= 0.3 is 6.09 Å². The van der Waals surface area contributed by atoms with Crippen molar-refractivity contribution >= 4 is 23.5 Å². The smallest absolute Gasteiger partial charge is 0.409 e. The molecule has 1 aliphatic rings. The number of carbonyl (C=O) groups is 2. The van der Waals surface area contributed by atoms with Crippen LogP contribution in [0.3, 0.4) is 0 Å². The minimum Gasteiger partial charge on any atom is -0.447 e. The highest BCUT2D eigenvalue weighted by atomic mass is 19.1. The number of carbonyl (C=O) groups excluding carboxylic acids is 2. The zero-order valence-electron chi connectivity index (χ0n) is 17.0. The fraction of sp³-hybridized carbons (Fsp3) is 0.400. The summed E-state index contributed by atoms with van der Waals surface area (Å²) in [4.78, 5) is 25.7. The molecule has 1 aromatic heterocycles. The topological polar surface area (TPSA) is 136 Å². The lowest BCUT2D eigenvalue weighted by Crippen LogP contribution is -2.45. The number of aromatic nitrogens is 2. The first-order chi connectivity index (χ1) is 14.9. The number of halogens is 1. The Hall–Kier alpha value is -3.65. The molecule has 0 radical (unpaired) electrons. The van der Waals surface area contributed by atoms with Crippen LogP contribution in [0.15, 0.2) is 30.5 Å². The summed E-state index contributed by atoms with van der Waals surface area (Å²) in [5, 5.41) is 16.9. The first kappa shape index (κ1) is 22.0. The molecular weight excluding hydrogens is 407 g/mol. The number of ether oxygens (including phenoxy) is 2. The molecule has 0 spiro atoms. The number of amides is 2. The van der Waals surface area contributed by atoms with Crippen molar-refractivity contribution in [2.45, 2.75) is 12.5 Å². The van der Waals surface area contributed by atoms with Gasteiger partial charge < -0.3 is 25.4 Å². The molecule has 1 unspecified atom stereocenters. The van der Waals surface area contributed by atoms with Gasteiger partial charge in [0.1, 0.15) is 18.0 Å². The summed E-state index contributed by atoms with van der Waals surface area (Å²) in [6.07, 6.45) is 1.36. The predicted octanol–water partition coefficient (Wildman–Crippen LogP) is 2.03. The van der Waals surface area contributed by atoms with Gasteiger partial charge in [-0.1, -0.05) is 0 Å². The van der Waals surface area contributed by atoms with Crippen LogP contribution < -0.4 is 11.1 Å². The van der Waals surface area contributed by atoms with Gasteiger partial charge in [0.15, 0.2) is 5.82 Å². The summed E-state index contributed by atoms with van der Waals surface area (Å²) in [7, 11) is 1.51. The normalized spacial score (nSPS) is 18.3. The summed E-state index contributed by atoms with van der Waals surface area (Å²) in [6.45, 7) is 0.950. The summed E-state index contributed by atoms with van der Waals surface area (Å²) in [6, 6.07) is 7.26.